The molecule has 132 valence electrons. The molecular formula is C17H20N4O4. The molecule has 0 spiro atoms. The van der Waals surface area contributed by atoms with Gasteiger partial charge >= 0.3 is 0 Å². The maximum atomic E-state index is 12.4. The number of aryl methyl sites for hydroxylation is 1. The maximum absolute atomic E-state index is 12.4. The lowest BCUT2D eigenvalue weighted by Gasteiger charge is -2.29. The lowest BCUT2D eigenvalue weighted by atomic mass is 9.75. The highest BCUT2D eigenvalue weighted by atomic mass is 16.5. The average molecular weight is 344 g/mol. The molecule has 0 aliphatic heterocycles. The first-order chi connectivity index (χ1) is 11.7. The van der Waals surface area contributed by atoms with Gasteiger partial charge in [-0.2, -0.15) is 4.98 Å². The van der Waals surface area contributed by atoms with Crippen molar-refractivity contribution < 1.29 is 14.1 Å². The van der Waals surface area contributed by atoms with E-state index in [9.17, 15) is 14.4 Å². The van der Waals surface area contributed by atoms with Gasteiger partial charge in [0.2, 0.25) is 5.89 Å². The molecule has 1 aliphatic carbocycles. The molecule has 1 amide bonds. The number of aromatic nitrogens is 3. The Balaban J connectivity index is 1.88. The summed E-state index contributed by atoms with van der Waals surface area (Å²) in [5.41, 5.74) is 0.167. The zero-order valence-corrected chi connectivity index (χ0v) is 14.6. The normalized spacial score (nSPS) is 17.0. The van der Waals surface area contributed by atoms with Gasteiger partial charge in [0.05, 0.1) is 0 Å². The Bertz CT molecular complexity index is 910. The van der Waals surface area contributed by atoms with Crippen LogP contribution in [0.5, 0.6) is 0 Å². The summed E-state index contributed by atoms with van der Waals surface area (Å²) in [7, 11) is 0. The zero-order chi connectivity index (χ0) is 18.4. The third-order valence-corrected chi connectivity index (χ3v) is 4.22. The van der Waals surface area contributed by atoms with E-state index in [1.807, 2.05) is 13.8 Å². The maximum Gasteiger partial charge on any atom is 0.261 e. The van der Waals surface area contributed by atoms with Gasteiger partial charge < -0.3 is 14.8 Å². The molecule has 1 atom stereocenters. The number of Topliss-reactive ketones (excluding diaryl/α,β-unsaturated/α-hetero) is 1. The molecule has 0 aromatic carbocycles. The predicted octanol–water partition coefficient (Wildman–Crippen LogP) is 1.71. The number of ketones is 1. The van der Waals surface area contributed by atoms with Crippen molar-refractivity contribution in [3.05, 3.63) is 45.0 Å². The van der Waals surface area contributed by atoms with Gasteiger partial charge in [0.15, 0.2) is 11.6 Å². The number of amides is 1. The fourth-order valence-corrected chi connectivity index (χ4v) is 3.02. The van der Waals surface area contributed by atoms with Gasteiger partial charge in [-0.05, 0) is 31.7 Å². The van der Waals surface area contributed by atoms with Crippen molar-refractivity contribution in [2.24, 2.45) is 5.41 Å². The lowest BCUT2D eigenvalue weighted by molar-refractivity contribution is 0.0910. The molecule has 3 rings (SSSR count). The predicted molar refractivity (Wildman–Crippen MR) is 88.4 cm³/mol. The summed E-state index contributed by atoms with van der Waals surface area (Å²) in [6.07, 6.45) is 0.966. The van der Waals surface area contributed by atoms with Crippen LogP contribution in [-0.4, -0.2) is 26.8 Å². The number of rotatable bonds is 3. The first-order valence-corrected chi connectivity index (χ1v) is 8.07. The number of hydrogen-bond donors (Lipinski definition) is 2. The second-order valence-electron chi connectivity index (χ2n) is 7.22. The molecule has 25 heavy (non-hydrogen) atoms. The number of fused-ring (bicyclic) bond motifs is 1. The Morgan fingerprint density at radius 1 is 1.36 bits per heavy atom. The zero-order valence-electron chi connectivity index (χ0n) is 14.6. The number of carbonyl (C=O) groups is 2. The van der Waals surface area contributed by atoms with E-state index in [4.69, 9.17) is 4.52 Å². The first-order valence-electron chi connectivity index (χ1n) is 8.07. The Morgan fingerprint density at radius 3 is 2.72 bits per heavy atom. The Hall–Kier alpha value is -2.77. The van der Waals surface area contributed by atoms with Crippen LogP contribution in [0.25, 0.3) is 0 Å². The summed E-state index contributed by atoms with van der Waals surface area (Å²) in [5, 5.41) is 6.30. The Labute approximate surface area is 144 Å². The molecule has 2 heterocycles. The summed E-state index contributed by atoms with van der Waals surface area (Å²) < 4.78 is 5.01. The molecular weight excluding hydrogens is 324 g/mol. The number of aromatic amines is 1. The van der Waals surface area contributed by atoms with Crippen LogP contribution >= 0.6 is 0 Å². The van der Waals surface area contributed by atoms with Gasteiger partial charge in [-0.25, -0.2) is 0 Å². The van der Waals surface area contributed by atoms with Crippen molar-refractivity contribution in [2.75, 3.05) is 0 Å². The van der Waals surface area contributed by atoms with Crippen molar-refractivity contribution >= 4 is 11.7 Å². The van der Waals surface area contributed by atoms with Crippen molar-refractivity contribution in [1.82, 2.24) is 20.4 Å². The van der Waals surface area contributed by atoms with Crippen LogP contribution in [-0.2, 0) is 6.42 Å². The quantitative estimate of drug-likeness (QED) is 0.875. The first kappa shape index (κ1) is 17.1. The monoisotopic (exact) mass is 344 g/mol. The van der Waals surface area contributed by atoms with Crippen LogP contribution in [0, 0.1) is 12.3 Å². The highest BCUT2D eigenvalue weighted by Gasteiger charge is 2.33. The van der Waals surface area contributed by atoms with Gasteiger partial charge in [0, 0.05) is 17.7 Å². The molecule has 0 radical (unpaired) electrons. The largest absolute Gasteiger partial charge is 0.340 e. The highest BCUT2D eigenvalue weighted by Crippen LogP contribution is 2.33. The number of pyridine rings is 1. The number of H-pyrrole nitrogens is 1. The second-order valence-corrected chi connectivity index (χ2v) is 7.22. The minimum absolute atomic E-state index is 0.0721. The lowest BCUT2D eigenvalue weighted by Crippen LogP contribution is -2.35. The van der Waals surface area contributed by atoms with Crippen molar-refractivity contribution in [3.63, 3.8) is 0 Å². The molecule has 8 nitrogen and oxygen atoms in total. The van der Waals surface area contributed by atoms with Gasteiger partial charge in [-0.1, -0.05) is 19.0 Å². The smallest absolute Gasteiger partial charge is 0.261 e. The van der Waals surface area contributed by atoms with Crippen molar-refractivity contribution in [3.8, 4) is 0 Å². The SMILES string of the molecule is Cc1noc([C@@H](C)NC(=O)c2cc3c([nH]c2=O)CC(C)(C)CC3=O)n1. The van der Waals surface area contributed by atoms with E-state index in [1.165, 1.54) is 6.07 Å². The van der Waals surface area contributed by atoms with Crippen LogP contribution in [0.1, 0.15) is 71.4 Å². The van der Waals surface area contributed by atoms with Crippen LogP contribution in [0.15, 0.2) is 15.4 Å². The van der Waals surface area contributed by atoms with Crippen LogP contribution in [0.2, 0.25) is 0 Å². The molecule has 0 bridgehead atoms. The standard InChI is InChI=1S/C17H20N4O4/c1-8(16-19-9(2)21-25-16)18-14(23)11-5-10-12(20-15(11)24)6-17(3,4)7-13(10)22/h5,8H,6-7H2,1-4H3,(H,18,23)(H,20,24)/t8-/m1/s1. The van der Waals surface area contributed by atoms with Gasteiger partial charge in [-0.15, -0.1) is 0 Å². The fourth-order valence-electron chi connectivity index (χ4n) is 3.02. The van der Waals surface area contributed by atoms with Crippen LogP contribution in [0.4, 0.5) is 0 Å². The third-order valence-electron chi connectivity index (χ3n) is 4.22. The third kappa shape index (κ3) is 3.38. The molecule has 2 N–H and O–H groups in total. The number of nitrogens with one attached hydrogen (secondary N) is 2. The molecule has 0 saturated heterocycles. The van der Waals surface area contributed by atoms with Gasteiger partial charge in [0.1, 0.15) is 11.6 Å². The number of hydrogen-bond acceptors (Lipinski definition) is 6. The van der Waals surface area contributed by atoms with Crippen molar-refractivity contribution in [1.29, 1.82) is 0 Å². The number of carbonyl (C=O) groups excluding carboxylic acids is 2. The Morgan fingerprint density at radius 2 is 2.08 bits per heavy atom. The van der Waals surface area contributed by atoms with E-state index >= 15 is 0 Å². The Kier molecular flexibility index (Phi) is 4.06. The summed E-state index contributed by atoms with van der Waals surface area (Å²) in [6, 6.07) is 0.825. The van der Waals surface area contributed by atoms with E-state index in [1.54, 1.807) is 13.8 Å². The molecule has 0 saturated carbocycles. The fraction of sp³-hybridized carbons (Fsp3) is 0.471. The van der Waals surface area contributed by atoms with E-state index < -0.39 is 17.5 Å². The average Bonchev–Trinajstić information content (AvgIpc) is 2.91. The summed E-state index contributed by atoms with van der Waals surface area (Å²) in [4.78, 5) is 43.8. The van der Waals surface area contributed by atoms with Crippen LogP contribution < -0.4 is 10.9 Å². The van der Waals surface area contributed by atoms with E-state index in [2.05, 4.69) is 20.4 Å². The van der Waals surface area contributed by atoms with Gasteiger partial charge in [0.25, 0.3) is 11.5 Å². The molecule has 2 aromatic heterocycles. The summed E-state index contributed by atoms with van der Waals surface area (Å²) in [5.74, 6) is 0.0381. The molecule has 0 unspecified atom stereocenters. The van der Waals surface area contributed by atoms with E-state index in [0.29, 0.717) is 29.9 Å². The van der Waals surface area contributed by atoms with E-state index in [-0.39, 0.29) is 22.7 Å². The van der Waals surface area contributed by atoms with Crippen molar-refractivity contribution in [2.45, 2.75) is 46.6 Å². The number of nitrogens with zero attached hydrogens (tertiary/aromatic N) is 2. The minimum atomic E-state index is -0.593. The molecule has 2 aromatic rings. The molecule has 1 aliphatic rings. The molecule has 0 fully saturated rings. The van der Waals surface area contributed by atoms with E-state index in [0.717, 1.165) is 0 Å². The summed E-state index contributed by atoms with van der Waals surface area (Å²) in [6.45, 7) is 7.29. The van der Waals surface area contributed by atoms with Gasteiger partial charge in [-0.3, -0.25) is 14.4 Å². The summed E-state index contributed by atoms with van der Waals surface area (Å²) >= 11 is 0. The highest BCUT2D eigenvalue weighted by molar-refractivity contribution is 6.02. The minimum Gasteiger partial charge on any atom is -0.340 e. The molecule has 8 heteroatoms. The topological polar surface area (TPSA) is 118 Å². The second kappa shape index (κ2) is 5.94. The van der Waals surface area contributed by atoms with Crippen LogP contribution in [0.3, 0.4) is 0 Å².